The van der Waals surface area contributed by atoms with Gasteiger partial charge in [-0.3, -0.25) is 0 Å². The van der Waals surface area contributed by atoms with E-state index in [2.05, 4.69) is 20.9 Å². The second-order valence-corrected chi connectivity index (χ2v) is 6.32. The molecule has 0 aliphatic carbocycles. The summed E-state index contributed by atoms with van der Waals surface area (Å²) in [4.78, 5) is 5.20. The van der Waals surface area contributed by atoms with Gasteiger partial charge in [0.25, 0.3) is 0 Å². The topological polar surface area (TPSA) is 17.8 Å². The number of halogens is 4. The van der Waals surface area contributed by atoms with Crippen molar-refractivity contribution in [3.63, 3.8) is 0 Å². The van der Waals surface area contributed by atoms with Gasteiger partial charge in [0.1, 0.15) is 17.2 Å². The van der Waals surface area contributed by atoms with Crippen LogP contribution < -0.4 is 0 Å². The molecule has 20 heavy (non-hydrogen) atoms. The summed E-state index contributed by atoms with van der Waals surface area (Å²) in [5, 5.41) is 1.94. The van der Waals surface area contributed by atoms with Gasteiger partial charge in [-0.2, -0.15) is 0 Å². The van der Waals surface area contributed by atoms with Crippen LogP contribution in [0.3, 0.4) is 0 Å². The lowest BCUT2D eigenvalue weighted by Gasteiger charge is -2.07. The van der Waals surface area contributed by atoms with E-state index in [4.69, 9.17) is 11.6 Å². The van der Waals surface area contributed by atoms with Crippen LogP contribution in [0.2, 0.25) is 0 Å². The fraction of sp³-hybridized carbons (Fsp3) is 0.154. The number of hydrogen-bond donors (Lipinski definition) is 0. The number of imidazole rings is 1. The minimum absolute atomic E-state index is 0.138. The number of fused-ring (bicyclic) bond motifs is 1. The Morgan fingerprint density at radius 2 is 2.15 bits per heavy atom. The number of nitrogens with zero attached hydrogens (tertiary/aromatic N) is 2. The van der Waals surface area contributed by atoms with Gasteiger partial charge in [-0.05, 0) is 33.4 Å². The van der Waals surface area contributed by atoms with Crippen LogP contribution in [0.15, 0.2) is 28.1 Å². The number of thiophene rings is 1. The summed E-state index contributed by atoms with van der Waals surface area (Å²) in [7, 11) is 0. The van der Waals surface area contributed by atoms with Gasteiger partial charge in [0.05, 0.1) is 17.9 Å². The molecule has 0 N–H and O–H groups in total. The number of alkyl halides is 1. The van der Waals surface area contributed by atoms with E-state index in [1.54, 1.807) is 15.9 Å². The van der Waals surface area contributed by atoms with Gasteiger partial charge in [-0.1, -0.05) is 0 Å². The second-order valence-electron chi connectivity index (χ2n) is 4.19. The standard InChI is InChI=1S/C13H8BrClF2N2S/c14-8-1-2-20-11(8)6-19-10-4-7(16)3-9(17)13(10)18-12(19)5-15/h1-4H,5-6H2. The molecule has 0 aliphatic heterocycles. The van der Waals surface area contributed by atoms with E-state index in [9.17, 15) is 8.78 Å². The quantitative estimate of drug-likeness (QED) is 0.592. The summed E-state index contributed by atoms with van der Waals surface area (Å²) in [5.74, 6) is -0.636. The van der Waals surface area contributed by atoms with E-state index in [0.717, 1.165) is 15.4 Å². The van der Waals surface area contributed by atoms with Crippen LogP contribution in [0.5, 0.6) is 0 Å². The molecule has 0 bridgehead atoms. The zero-order chi connectivity index (χ0) is 14.3. The van der Waals surface area contributed by atoms with Crippen molar-refractivity contribution < 1.29 is 8.78 Å². The van der Waals surface area contributed by atoms with Gasteiger partial charge >= 0.3 is 0 Å². The van der Waals surface area contributed by atoms with Crippen molar-refractivity contribution in [3.8, 4) is 0 Å². The van der Waals surface area contributed by atoms with Gasteiger partial charge in [-0.15, -0.1) is 22.9 Å². The van der Waals surface area contributed by atoms with Crippen LogP contribution in [0.25, 0.3) is 11.0 Å². The van der Waals surface area contributed by atoms with E-state index in [-0.39, 0.29) is 11.4 Å². The van der Waals surface area contributed by atoms with Crippen LogP contribution in [0.4, 0.5) is 8.78 Å². The normalized spacial score (nSPS) is 11.4. The minimum atomic E-state index is -0.671. The first-order valence-corrected chi connectivity index (χ1v) is 7.93. The maximum atomic E-state index is 13.8. The van der Waals surface area contributed by atoms with Crippen LogP contribution in [-0.2, 0) is 12.4 Å². The number of benzene rings is 1. The minimum Gasteiger partial charge on any atom is -0.321 e. The molecular weight excluding hydrogens is 370 g/mol. The van der Waals surface area contributed by atoms with Gasteiger partial charge in [0.2, 0.25) is 0 Å². The number of hydrogen-bond acceptors (Lipinski definition) is 2. The Morgan fingerprint density at radius 1 is 1.35 bits per heavy atom. The summed E-state index contributed by atoms with van der Waals surface area (Å²) in [5.41, 5.74) is 0.563. The summed E-state index contributed by atoms with van der Waals surface area (Å²) < 4.78 is 29.9. The molecule has 0 fully saturated rings. The molecule has 0 saturated carbocycles. The molecule has 7 heteroatoms. The van der Waals surface area contributed by atoms with E-state index in [1.165, 1.54) is 6.07 Å². The average molecular weight is 378 g/mol. The lowest BCUT2D eigenvalue weighted by Crippen LogP contribution is -2.03. The van der Waals surface area contributed by atoms with Crippen LogP contribution >= 0.6 is 38.9 Å². The van der Waals surface area contributed by atoms with Crippen LogP contribution in [0, 0.1) is 11.6 Å². The largest absolute Gasteiger partial charge is 0.321 e. The molecule has 0 aliphatic rings. The highest BCUT2D eigenvalue weighted by Gasteiger charge is 2.16. The Labute approximate surface area is 131 Å². The van der Waals surface area contributed by atoms with Crippen molar-refractivity contribution in [1.82, 2.24) is 9.55 Å². The highest BCUT2D eigenvalue weighted by Crippen LogP contribution is 2.28. The SMILES string of the molecule is Fc1cc(F)c2nc(CCl)n(Cc3sccc3Br)c2c1. The van der Waals surface area contributed by atoms with Crippen molar-refractivity contribution in [2.45, 2.75) is 12.4 Å². The van der Waals surface area contributed by atoms with Gasteiger partial charge in [0.15, 0.2) is 5.82 Å². The van der Waals surface area contributed by atoms with E-state index in [1.807, 2.05) is 11.4 Å². The van der Waals surface area contributed by atoms with Crippen molar-refractivity contribution >= 4 is 49.9 Å². The predicted octanol–water partition coefficient (Wildman–Crippen LogP) is 4.93. The van der Waals surface area contributed by atoms with Gasteiger partial charge < -0.3 is 4.57 Å². The van der Waals surface area contributed by atoms with Gasteiger partial charge in [-0.25, -0.2) is 13.8 Å². The molecule has 0 atom stereocenters. The van der Waals surface area contributed by atoms with Crippen molar-refractivity contribution in [3.05, 3.63) is 50.4 Å². The molecule has 0 radical (unpaired) electrons. The van der Waals surface area contributed by atoms with Crippen LogP contribution in [0.1, 0.15) is 10.7 Å². The summed E-state index contributed by atoms with van der Waals surface area (Å²) in [6.45, 7) is 0.472. The Hall–Kier alpha value is -0.980. The van der Waals surface area contributed by atoms with Crippen molar-refractivity contribution in [2.75, 3.05) is 0 Å². The maximum Gasteiger partial charge on any atom is 0.153 e. The monoisotopic (exact) mass is 376 g/mol. The zero-order valence-electron chi connectivity index (χ0n) is 10.0. The fourth-order valence-corrected chi connectivity index (χ4v) is 3.73. The van der Waals surface area contributed by atoms with Crippen LogP contribution in [-0.4, -0.2) is 9.55 Å². The molecule has 0 saturated heterocycles. The Kier molecular flexibility index (Phi) is 3.79. The average Bonchev–Trinajstić information content (AvgIpc) is 2.95. The summed E-state index contributed by atoms with van der Waals surface area (Å²) >= 11 is 10.9. The first-order valence-electron chi connectivity index (χ1n) is 5.72. The lowest BCUT2D eigenvalue weighted by atomic mass is 10.3. The zero-order valence-corrected chi connectivity index (χ0v) is 13.2. The van der Waals surface area contributed by atoms with Gasteiger partial charge in [0, 0.05) is 15.4 Å². The summed E-state index contributed by atoms with van der Waals surface area (Å²) in [6.07, 6.45) is 0. The molecule has 0 unspecified atom stereocenters. The first kappa shape index (κ1) is 14.0. The molecule has 0 spiro atoms. The molecule has 0 amide bonds. The molecule has 104 valence electrons. The highest BCUT2D eigenvalue weighted by molar-refractivity contribution is 9.10. The molecule has 1 aromatic carbocycles. The second kappa shape index (κ2) is 5.42. The maximum absolute atomic E-state index is 13.8. The van der Waals surface area contributed by atoms with E-state index >= 15 is 0 Å². The molecular formula is C13H8BrClF2N2S. The number of rotatable bonds is 3. The fourth-order valence-electron chi connectivity index (χ4n) is 2.06. The van der Waals surface area contributed by atoms with E-state index < -0.39 is 11.6 Å². The lowest BCUT2D eigenvalue weighted by molar-refractivity contribution is 0.590. The Morgan fingerprint density at radius 3 is 2.80 bits per heavy atom. The number of aromatic nitrogens is 2. The molecule has 2 aromatic heterocycles. The predicted molar refractivity (Wildman–Crippen MR) is 80.3 cm³/mol. The smallest absolute Gasteiger partial charge is 0.153 e. The third kappa shape index (κ3) is 2.36. The molecule has 2 nitrogen and oxygen atoms in total. The van der Waals surface area contributed by atoms with Crippen molar-refractivity contribution in [1.29, 1.82) is 0 Å². The third-order valence-corrected chi connectivity index (χ3v) is 5.11. The highest BCUT2D eigenvalue weighted by atomic mass is 79.9. The van der Waals surface area contributed by atoms with Crippen molar-refractivity contribution in [2.24, 2.45) is 0 Å². The van der Waals surface area contributed by atoms with E-state index in [0.29, 0.717) is 17.9 Å². The Bertz CT molecular complexity index is 784. The molecule has 3 rings (SSSR count). The molecule has 2 heterocycles. The summed E-state index contributed by atoms with van der Waals surface area (Å²) in [6, 6.07) is 4.04. The Balaban J connectivity index is 2.20. The molecule has 3 aromatic rings. The first-order chi connectivity index (χ1) is 9.60. The third-order valence-electron chi connectivity index (χ3n) is 2.96.